The summed E-state index contributed by atoms with van der Waals surface area (Å²) in [7, 11) is 0. The topological polar surface area (TPSA) is 56.1 Å². The highest BCUT2D eigenvalue weighted by molar-refractivity contribution is 6.29. The zero-order valence-electron chi connectivity index (χ0n) is 19.9. The lowest BCUT2D eigenvalue weighted by Gasteiger charge is -2.49. The highest BCUT2D eigenvalue weighted by atomic mass is 35.5. The van der Waals surface area contributed by atoms with Crippen molar-refractivity contribution in [1.82, 2.24) is 19.7 Å². The fourth-order valence-corrected chi connectivity index (χ4v) is 6.36. The summed E-state index contributed by atoms with van der Waals surface area (Å²) in [5, 5.41) is 9.89. The summed E-state index contributed by atoms with van der Waals surface area (Å²) < 4.78 is 21.9. The Morgan fingerprint density at radius 1 is 1.00 bits per heavy atom. The molecular weight excluding hydrogens is 465 g/mol. The van der Waals surface area contributed by atoms with E-state index in [1.807, 2.05) is 18.2 Å². The number of nitrogens with zero attached hydrogens (tertiary/aromatic N) is 5. The van der Waals surface area contributed by atoms with Crippen molar-refractivity contribution in [3.8, 4) is 11.4 Å². The Kier molecular flexibility index (Phi) is 6.23. The van der Waals surface area contributed by atoms with Gasteiger partial charge in [0.2, 0.25) is 5.95 Å². The van der Waals surface area contributed by atoms with Gasteiger partial charge in [-0.25, -0.2) is 9.37 Å². The summed E-state index contributed by atoms with van der Waals surface area (Å²) in [6.07, 6.45) is 9.94. The number of hydrogen-bond acceptors (Lipinski definition) is 5. The Morgan fingerprint density at radius 2 is 1.80 bits per heavy atom. The van der Waals surface area contributed by atoms with Crippen LogP contribution >= 0.6 is 11.6 Å². The molecule has 0 amide bonds. The van der Waals surface area contributed by atoms with Crippen molar-refractivity contribution in [3.63, 3.8) is 0 Å². The third-order valence-electron chi connectivity index (χ3n) is 8.29. The van der Waals surface area contributed by atoms with Gasteiger partial charge in [0.05, 0.1) is 0 Å². The number of benzene rings is 1. The van der Waals surface area contributed by atoms with Crippen LogP contribution in [0.25, 0.3) is 11.4 Å². The summed E-state index contributed by atoms with van der Waals surface area (Å²) in [6.45, 7) is 3.10. The zero-order valence-corrected chi connectivity index (χ0v) is 20.6. The predicted molar refractivity (Wildman–Crippen MR) is 134 cm³/mol. The van der Waals surface area contributed by atoms with Gasteiger partial charge in [-0.1, -0.05) is 43.0 Å². The number of ether oxygens (including phenoxy) is 1. The third kappa shape index (κ3) is 4.33. The van der Waals surface area contributed by atoms with Gasteiger partial charge in [-0.2, -0.15) is 0 Å². The van der Waals surface area contributed by atoms with Crippen LogP contribution in [0.2, 0.25) is 5.15 Å². The van der Waals surface area contributed by atoms with Crippen LogP contribution in [0.15, 0.2) is 42.6 Å². The lowest BCUT2D eigenvalue weighted by Crippen LogP contribution is -2.57. The van der Waals surface area contributed by atoms with E-state index in [1.54, 1.807) is 24.4 Å². The maximum Gasteiger partial charge on any atom is 0.227 e. The molecule has 0 bridgehead atoms. The van der Waals surface area contributed by atoms with Crippen LogP contribution in [0.4, 0.5) is 10.3 Å². The van der Waals surface area contributed by atoms with Gasteiger partial charge >= 0.3 is 0 Å². The molecule has 6 nitrogen and oxygen atoms in total. The maximum absolute atomic E-state index is 13.8. The SMILES string of the molecule is Fc1ccc(C2(Cn3c(-c4ccc(Cl)nc4)nnc3N3CC4CCCCCC43)CCOCC2)cc1. The van der Waals surface area contributed by atoms with Crippen LogP contribution in [0.3, 0.4) is 0 Å². The molecule has 2 atom stereocenters. The highest BCUT2D eigenvalue weighted by Gasteiger charge is 2.43. The lowest BCUT2D eigenvalue weighted by atomic mass is 9.74. The number of fused-ring (bicyclic) bond motifs is 1. The predicted octanol–water partition coefficient (Wildman–Crippen LogP) is 5.65. The van der Waals surface area contributed by atoms with Crippen LogP contribution in [0.5, 0.6) is 0 Å². The molecule has 0 radical (unpaired) electrons. The minimum Gasteiger partial charge on any atom is -0.381 e. The molecule has 184 valence electrons. The second-order valence-electron chi connectivity index (χ2n) is 10.3. The molecule has 2 saturated heterocycles. The number of hydrogen-bond donors (Lipinski definition) is 0. The quantitative estimate of drug-likeness (QED) is 0.428. The fraction of sp³-hybridized carbons (Fsp3) is 0.519. The molecule has 2 aromatic heterocycles. The summed E-state index contributed by atoms with van der Waals surface area (Å²) in [5.74, 6) is 2.27. The molecule has 1 saturated carbocycles. The van der Waals surface area contributed by atoms with Crippen LogP contribution in [-0.4, -0.2) is 45.5 Å². The molecule has 3 aromatic rings. The molecule has 1 aromatic carbocycles. The van der Waals surface area contributed by atoms with Crippen molar-refractivity contribution in [1.29, 1.82) is 0 Å². The van der Waals surface area contributed by atoms with Gasteiger partial charge in [0.25, 0.3) is 0 Å². The molecule has 3 fully saturated rings. The Morgan fingerprint density at radius 3 is 2.57 bits per heavy atom. The summed E-state index contributed by atoms with van der Waals surface area (Å²) >= 11 is 6.08. The number of halogens is 2. The summed E-state index contributed by atoms with van der Waals surface area (Å²) in [6, 6.07) is 11.3. The minimum absolute atomic E-state index is 0.189. The minimum atomic E-state index is -0.214. The number of pyridine rings is 1. The van der Waals surface area contributed by atoms with E-state index in [1.165, 1.54) is 32.1 Å². The summed E-state index contributed by atoms with van der Waals surface area (Å²) in [5.41, 5.74) is 1.84. The molecule has 1 aliphatic carbocycles. The van der Waals surface area contributed by atoms with E-state index in [-0.39, 0.29) is 11.2 Å². The molecule has 0 N–H and O–H groups in total. The van der Waals surface area contributed by atoms with E-state index < -0.39 is 0 Å². The zero-order chi connectivity index (χ0) is 23.8. The molecule has 0 spiro atoms. The first-order chi connectivity index (χ1) is 17.1. The van der Waals surface area contributed by atoms with Crippen LogP contribution in [0, 0.1) is 11.7 Å². The van der Waals surface area contributed by atoms with E-state index in [0.29, 0.717) is 31.0 Å². The molecule has 8 heteroatoms. The van der Waals surface area contributed by atoms with Crippen molar-refractivity contribution >= 4 is 17.5 Å². The van der Waals surface area contributed by atoms with Crippen LogP contribution in [0.1, 0.15) is 50.5 Å². The standard InChI is InChI=1S/C27H31ClFN5O/c28-24-11-6-19(16-30-24)25-31-32-26(33-17-20-4-2-1-3-5-23(20)33)34(25)18-27(12-14-35-15-13-27)21-7-9-22(29)10-8-21/h6-11,16,20,23H,1-5,12-15,17-18H2. The van der Waals surface area contributed by atoms with Crippen LogP contribution < -0.4 is 4.90 Å². The Labute approximate surface area is 210 Å². The Bertz CT molecular complexity index is 1160. The lowest BCUT2D eigenvalue weighted by molar-refractivity contribution is 0.0435. The van der Waals surface area contributed by atoms with Crippen molar-refractivity contribution in [2.75, 3.05) is 24.7 Å². The smallest absolute Gasteiger partial charge is 0.227 e. The second-order valence-corrected chi connectivity index (χ2v) is 10.7. The third-order valence-corrected chi connectivity index (χ3v) is 8.52. The molecule has 2 unspecified atom stereocenters. The van der Waals surface area contributed by atoms with Crippen molar-refractivity contribution in [2.24, 2.45) is 5.92 Å². The van der Waals surface area contributed by atoms with E-state index in [4.69, 9.17) is 21.4 Å². The molecule has 2 aliphatic heterocycles. The Hall–Kier alpha value is -2.51. The highest BCUT2D eigenvalue weighted by Crippen LogP contribution is 2.43. The normalized spacial score (nSPS) is 23.9. The number of aromatic nitrogens is 4. The van der Waals surface area contributed by atoms with Gasteiger partial charge in [-0.05, 0) is 61.4 Å². The van der Waals surface area contributed by atoms with Gasteiger partial charge in [-0.15, -0.1) is 10.2 Å². The average Bonchev–Trinajstić information content (AvgIpc) is 3.16. The molecule has 35 heavy (non-hydrogen) atoms. The number of anilines is 1. The first-order valence-corrected chi connectivity index (χ1v) is 13.2. The monoisotopic (exact) mass is 495 g/mol. The second kappa shape index (κ2) is 9.51. The molecule has 6 rings (SSSR count). The fourth-order valence-electron chi connectivity index (χ4n) is 6.25. The van der Waals surface area contributed by atoms with Gasteiger partial charge in [0.15, 0.2) is 5.82 Å². The average molecular weight is 496 g/mol. The van der Waals surface area contributed by atoms with Gasteiger partial charge in [-0.3, -0.25) is 4.57 Å². The van der Waals surface area contributed by atoms with Crippen molar-refractivity contribution < 1.29 is 9.13 Å². The van der Waals surface area contributed by atoms with Crippen molar-refractivity contribution in [3.05, 3.63) is 59.1 Å². The van der Waals surface area contributed by atoms with Crippen LogP contribution in [-0.2, 0) is 16.7 Å². The Balaban J connectivity index is 1.42. The number of rotatable bonds is 5. The van der Waals surface area contributed by atoms with E-state index in [0.717, 1.165) is 48.2 Å². The summed E-state index contributed by atoms with van der Waals surface area (Å²) in [4.78, 5) is 6.77. The molecular formula is C27H31ClFN5O. The first-order valence-electron chi connectivity index (χ1n) is 12.8. The van der Waals surface area contributed by atoms with Crippen molar-refractivity contribution in [2.45, 2.75) is 62.9 Å². The van der Waals surface area contributed by atoms with Gasteiger partial charge in [0.1, 0.15) is 11.0 Å². The first kappa shape index (κ1) is 22.9. The van der Waals surface area contributed by atoms with E-state index in [2.05, 4.69) is 19.5 Å². The van der Waals surface area contributed by atoms with E-state index in [9.17, 15) is 4.39 Å². The molecule has 3 aliphatic rings. The van der Waals surface area contributed by atoms with Gasteiger partial charge < -0.3 is 9.64 Å². The molecule has 4 heterocycles. The van der Waals surface area contributed by atoms with Gasteiger partial charge in [0, 0.05) is 49.5 Å². The maximum atomic E-state index is 13.8. The largest absolute Gasteiger partial charge is 0.381 e. The van der Waals surface area contributed by atoms with E-state index >= 15 is 0 Å².